The lowest BCUT2D eigenvalue weighted by Crippen LogP contribution is -2.19. The minimum Gasteiger partial charge on any atom is -0.481 e. The number of nitrogens with zero attached hydrogens (tertiary/aromatic N) is 3. The van der Waals surface area contributed by atoms with Crippen molar-refractivity contribution in [1.82, 2.24) is 14.5 Å². The molecular formula is C14H18BrN3O2S. The summed E-state index contributed by atoms with van der Waals surface area (Å²) in [4.78, 5) is 19.8. The molecule has 0 amide bonds. The van der Waals surface area contributed by atoms with E-state index in [0.717, 1.165) is 28.6 Å². The van der Waals surface area contributed by atoms with Crippen LogP contribution in [0.2, 0.25) is 0 Å². The van der Waals surface area contributed by atoms with E-state index in [2.05, 4.69) is 46.7 Å². The van der Waals surface area contributed by atoms with Crippen molar-refractivity contribution in [2.24, 2.45) is 5.41 Å². The number of halogens is 1. The van der Waals surface area contributed by atoms with E-state index in [0.29, 0.717) is 5.16 Å². The van der Waals surface area contributed by atoms with Crippen LogP contribution in [-0.4, -0.2) is 31.4 Å². The van der Waals surface area contributed by atoms with Crippen LogP contribution < -0.4 is 0 Å². The third kappa shape index (κ3) is 3.97. The highest BCUT2D eigenvalue weighted by Crippen LogP contribution is 2.30. The molecule has 0 spiro atoms. The number of carboxylic acids is 1. The van der Waals surface area contributed by atoms with Gasteiger partial charge in [0.25, 0.3) is 0 Å². The first kappa shape index (κ1) is 16.3. The summed E-state index contributed by atoms with van der Waals surface area (Å²) in [5, 5.41) is 9.59. The number of hydrogen-bond acceptors (Lipinski definition) is 4. The van der Waals surface area contributed by atoms with Gasteiger partial charge >= 0.3 is 5.97 Å². The van der Waals surface area contributed by atoms with Crippen LogP contribution in [0.5, 0.6) is 0 Å². The molecule has 0 aliphatic carbocycles. The van der Waals surface area contributed by atoms with Crippen LogP contribution >= 0.6 is 27.7 Å². The molecule has 0 aliphatic heterocycles. The lowest BCUT2D eigenvalue weighted by atomic mass is 9.90. The van der Waals surface area contributed by atoms with Gasteiger partial charge in [-0.15, -0.1) is 0 Å². The molecular weight excluding hydrogens is 354 g/mol. The highest BCUT2D eigenvalue weighted by Gasteiger charge is 2.21. The van der Waals surface area contributed by atoms with E-state index in [1.165, 1.54) is 11.8 Å². The normalized spacial score (nSPS) is 12.0. The first-order valence-corrected chi connectivity index (χ1v) is 8.46. The molecule has 2 aromatic heterocycles. The number of aliphatic carboxylic acids is 1. The number of thioether (sulfide) groups is 1. The van der Waals surface area contributed by atoms with Crippen molar-refractivity contribution in [3.8, 4) is 0 Å². The number of carbonyl (C=O) groups is 1. The van der Waals surface area contributed by atoms with E-state index in [-0.39, 0.29) is 11.2 Å². The SMILES string of the molecule is CCC(C)(C)Cn1c(SCC(=O)O)nc2cc(Br)cnc21. The van der Waals surface area contributed by atoms with Crippen molar-refractivity contribution in [1.29, 1.82) is 0 Å². The molecule has 7 heteroatoms. The monoisotopic (exact) mass is 371 g/mol. The number of rotatable bonds is 6. The fraction of sp³-hybridized carbons (Fsp3) is 0.500. The molecule has 0 saturated heterocycles. The number of carboxylic acid groups (broad SMARTS) is 1. The van der Waals surface area contributed by atoms with Crippen molar-refractivity contribution < 1.29 is 9.90 Å². The lowest BCUT2D eigenvalue weighted by molar-refractivity contribution is -0.133. The molecule has 0 aliphatic rings. The first-order chi connectivity index (χ1) is 9.82. The zero-order chi connectivity index (χ0) is 15.6. The summed E-state index contributed by atoms with van der Waals surface area (Å²) in [6.07, 6.45) is 2.76. The Morgan fingerprint density at radius 1 is 1.52 bits per heavy atom. The topological polar surface area (TPSA) is 68.0 Å². The van der Waals surface area contributed by atoms with Gasteiger partial charge in [-0.1, -0.05) is 32.5 Å². The molecule has 1 N–H and O–H groups in total. The van der Waals surface area contributed by atoms with E-state index in [9.17, 15) is 4.79 Å². The molecule has 2 rings (SSSR count). The predicted molar refractivity (Wildman–Crippen MR) is 87.7 cm³/mol. The predicted octanol–water partition coefficient (Wildman–Crippen LogP) is 3.81. The Kier molecular flexibility index (Phi) is 4.93. The molecule has 0 radical (unpaired) electrons. The summed E-state index contributed by atoms with van der Waals surface area (Å²) in [6.45, 7) is 7.27. The molecule has 0 saturated carbocycles. The molecule has 5 nitrogen and oxygen atoms in total. The summed E-state index contributed by atoms with van der Waals surface area (Å²) in [5.41, 5.74) is 1.68. The van der Waals surface area contributed by atoms with Crippen molar-refractivity contribution in [3.05, 3.63) is 16.7 Å². The summed E-state index contributed by atoms with van der Waals surface area (Å²) in [5.74, 6) is -0.848. The quantitative estimate of drug-likeness (QED) is 0.781. The highest BCUT2D eigenvalue weighted by molar-refractivity contribution is 9.10. The summed E-state index contributed by atoms with van der Waals surface area (Å²) < 4.78 is 2.89. The van der Waals surface area contributed by atoms with E-state index in [1.54, 1.807) is 6.20 Å². The van der Waals surface area contributed by atoms with Crippen molar-refractivity contribution in [2.45, 2.75) is 38.9 Å². The fourth-order valence-corrected chi connectivity index (χ4v) is 2.93. The van der Waals surface area contributed by atoms with E-state index in [4.69, 9.17) is 5.11 Å². The van der Waals surface area contributed by atoms with Crippen LogP contribution in [0.1, 0.15) is 27.2 Å². The number of hydrogen-bond donors (Lipinski definition) is 1. The second kappa shape index (κ2) is 6.36. The van der Waals surface area contributed by atoms with Gasteiger partial charge in [-0.2, -0.15) is 0 Å². The Hall–Kier alpha value is -1.08. The third-order valence-corrected chi connectivity index (χ3v) is 4.78. The van der Waals surface area contributed by atoms with Crippen LogP contribution in [0, 0.1) is 5.41 Å². The second-order valence-corrected chi connectivity index (χ2v) is 7.54. The van der Waals surface area contributed by atoms with E-state index in [1.807, 2.05) is 10.6 Å². The zero-order valence-electron chi connectivity index (χ0n) is 12.3. The largest absolute Gasteiger partial charge is 0.481 e. The molecule has 0 atom stereocenters. The molecule has 0 fully saturated rings. The van der Waals surface area contributed by atoms with Crippen molar-refractivity contribution in [3.63, 3.8) is 0 Å². The highest BCUT2D eigenvalue weighted by atomic mass is 79.9. The average Bonchev–Trinajstić information content (AvgIpc) is 2.73. The number of aromatic nitrogens is 3. The maximum atomic E-state index is 10.8. The summed E-state index contributed by atoms with van der Waals surface area (Å²) in [7, 11) is 0. The number of pyridine rings is 1. The van der Waals surface area contributed by atoms with E-state index < -0.39 is 5.97 Å². The van der Waals surface area contributed by atoms with Crippen LogP contribution in [0.25, 0.3) is 11.2 Å². The Morgan fingerprint density at radius 3 is 2.86 bits per heavy atom. The van der Waals surface area contributed by atoms with Gasteiger partial charge in [-0.3, -0.25) is 4.79 Å². The summed E-state index contributed by atoms with van der Waals surface area (Å²) in [6, 6.07) is 1.91. The Morgan fingerprint density at radius 2 is 2.24 bits per heavy atom. The first-order valence-electron chi connectivity index (χ1n) is 6.69. The van der Waals surface area contributed by atoms with Crippen LogP contribution in [0.15, 0.2) is 21.9 Å². The standard InChI is InChI=1S/C14H18BrN3O2S/c1-4-14(2,3)8-18-12-10(5-9(15)6-16-12)17-13(18)21-7-11(19)20/h5-6H,4,7-8H2,1-3H3,(H,19,20). The van der Waals surface area contributed by atoms with Gasteiger partial charge in [0.2, 0.25) is 0 Å². The molecule has 2 aromatic rings. The Balaban J connectivity index is 2.46. The number of imidazole rings is 1. The van der Waals surface area contributed by atoms with Crippen LogP contribution in [0.4, 0.5) is 0 Å². The Bertz CT molecular complexity index is 670. The molecule has 114 valence electrons. The van der Waals surface area contributed by atoms with Crippen LogP contribution in [-0.2, 0) is 11.3 Å². The smallest absolute Gasteiger partial charge is 0.313 e. The average molecular weight is 372 g/mol. The van der Waals surface area contributed by atoms with Gasteiger partial charge in [-0.25, -0.2) is 9.97 Å². The van der Waals surface area contributed by atoms with E-state index >= 15 is 0 Å². The minimum atomic E-state index is -0.845. The molecule has 2 heterocycles. The second-order valence-electron chi connectivity index (χ2n) is 5.68. The molecule has 21 heavy (non-hydrogen) atoms. The van der Waals surface area contributed by atoms with Gasteiger partial charge < -0.3 is 9.67 Å². The molecule has 0 bridgehead atoms. The lowest BCUT2D eigenvalue weighted by Gasteiger charge is -2.24. The number of fused-ring (bicyclic) bond motifs is 1. The maximum absolute atomic E-state index is 10.8. The van der Waals surface area contributed by atoms with Crippen LogP contribution in [0.3, 0.4) is 0 Å². The van der Waals surface area contributed by atoms with Gasteiger partial charge in [0.15, 0.2) is 10.8 Å². The maximum Gasteiger partial charge on any atom is 0.313 e. The summed E-state index contributed by atoms with van der Waals surface area (Å²) >= 11 is 4.63. The van der Waals surface area contributed by atoms with Gasteiger partial charge in [0, 0.05) is 17.2 Å². The minimum absolute atomic E-state index is 0.00293. The zero-order valence-corrected chi connectivity index (χ0v) is 14.7. The van der Waals surface area contributed by atoms with Gasteiger partial charge in [0.05, 0.1) is 5.75 Å². The van der Waals surface area contributed by atoms with Gasteiger partial charge in [0.1, 0.15) is 5.52 Å². The molecule has 0 unspecified atom stereocenters. The fourth-order valence-electron chi connectivity index (χ4n) is 1.88. The van der Waals surface area contributed by atoms with Crippen molar-refractivity contribution in [2.75, 3.05) is 5.75 Å². The molecule has 0 aromatic carbocycles. The van der Waals surface area contributed by atoms with Gasteiger partial charge in [-0.05, 0) is 33.8 Å². The van der Waals surface area contributed by atoms with Crippen molar-refractivity contribution >= 4 is 44.8 Å². The Labute approximate surface area is 136 Å². The third-order valence-electron chi connectivity index (χ3n) is 3.38.